The highest BCUT2D eigenvalue weighted by atomic mass is 35.5. The van der Waals surface area contributed by atoms with Crippen LogP contribution in [0.5, 0.6) is 0 Å². The summed E-state index contributed by atoms with van der Waals surface area (Å²) in [5.74, 6) is 0. The Morgan fingerprint density at radius 1 is 1.07 bits per heavy atom. The van der Waals surface area contributed by atoms with Crippen LogP contribution in [0.3, 0.4) is 0 Å². The van der Waals surface area contributed by atoms with E-state index >= 15 is 0 Å². The molecule has 0 bridgehead atoms. The van der Waals surface area contributed by atoms with E-state index in [1.54, 1.807) is 0 Å². The predicted octanol–water partition coefficient (Wildman–Crippen LogP) is 6.25. The lowest BCUT2D eigenvalue weighted by atomic mass is 9.99. The van der Waals surface area contributed by atoms with Crippen molar-refractivity contribution in [1.82, 2.24) is 10.2 Å². The first-order valence-electron chi connectivity index (χ1n) is 8.86. The Bertz CT molecular complexity index is 688. The quantitative estimate of drug-likeness (QED) is 0.507. The molecule has 1 N–H and O–H groups in total. The molecule has 148 valence electrons. The van der Waals surface area contributed by atoms with Gasteiger partial charge in [0.15, 0.2) is 0 Å². The number of rotatable bonds is 7. The van der Waals surface area contributed by atoms with Crippen molar-refractivity contribution in [2.45, 2.75) is 28.7 Å². The van der Waals surface area contributed by atoms with E-state index in [2.05, 4.69) is 53.2 Å². The first kappa shape index (κ1) is 24.4. The van der Waals surface area contributed by atoms with Gasteiger partial charge >= 0.3 is 0 Å². The number of hydrogen-bond donors (Lipinski definition) is 1. The van der Waals surface area contributed by atoms with Gasteiger partial charge in [-0.3, -0.25) is 4.90 Å². The summed E-state index contributed by atoms with van der Waals surface area (Å²) in [4.78, 5) is 5.17. The van der Waals surface area contributed by atoms with Crippen LogP contribution < -0.4 is 5.32 Å². The molecular weight excluding hydrogens is 419 g/mol. The van der Waals surface area contributed by atoms with Crippen LogP contribution in [-0.2, 0) is 0 Å². The summed E-state index contributed by atoms with van der Waals surface area (Å²) in [5, 5.41) is 4.24. The van der Waals surface area contributed by atoms with Gasteiger partial charge in [0.1, 0.15) is 0 Å². The minimum absolute atomic E-state index is 0. The first-order valence-corrected chi connectivity index (χ1v) is 10.1. The molecule has 3 rings (SSSR count). The van der Waals surface area contributed by atoms with Crippen molar-refractivity contribution < 1.29 is 0 Å². The van der Waals surface area contributed by atoms with Gasteiger partial charge in [0.2, 0.25) is 0 Å². The Hall–Kier alpha value is -0.680. The fourth-order valence-electron chi connectivity index (χ4n) is 3.28. The summed E-state index contributed by atoms with van der Waals surface area (Å²) < 4.78 is 0. The number of hydrogen-bond acceptors (Lipinski definition) is 3. The molecule has 0 aromatic heterocycles. The Labute approximate surface area is 184 Å². The molecule has 0 saturated carbocycles. The van der Waals surface area contributed by atoms with E-state index in [0.29, 0.717) is 6.04 Å². The lowest BCUT2D eigenvalue weighted by molar-refractivity contribution is 0.164. The van der Waals surface area contributed by atoms with Gasteiger partial charge in [-0.2, -0.15) is 0 Å². The maximum absolute atomic E-state index is 6.02. The summed E-state index contributed by atoms with van der Waals surface area (Å²) in [7, 11) is 0. The largest absolute Gasteiger partial charge is 0.314 e. The Balaban J connectivity index is 0.00000182. The van der Waals surface area contributed by atoms with E-state index in [4.69, 9.17) is 11.6 Å². The predicted molar refractivity (Wildman–Crippen MR) is 123 cm³/mol. The van der Waals surface area contributed by atoms with E-state index in [0.717, 1.165) is 44.0 Å². The molecule has 0 radical (unpaired) electrons. The van der Waals surface area contributed by atoms with Gasteiger partial charge in [-0.25, -0.2) is 0 Å². The van der Waals surface area contributed by atoms with Gasteiger partial charge < -0.3 is 5.32 Å². The second-order valence-electron chi connectivity index (χ2n) is 6.26. The fourth-order valence-corrected chi connectivity index (χ4v) is 4.40. The molecule has 2 nitrogen and oxygen atoms in total. The zero-order valence-electron chi connectivity index (χ0n) is 15.3. The van der Waals surface area contributed by atoms with E-state index in [1.165, 1.54) is 15.4 Å². The van der Waals surface area contributed by atoms with Crippen LogP contribution in [0.4, 0.5) is 0 Å². The summed E-state index contributed by atoms with van der Waals surface area (Å²) in [6.07, 6.45) is 4.18. The number of allylic oxidation sites excluding steroid dienone is 1. The third-order valence-corrected chi connectivity index (χ3v) is 5.91. The lowest BCUT2D eigenvalue weighted by Gasteiger charge is -2.36. The molecule has 0 aliphatic carbocycles. The monoisotopic (exact) mass is 444 g/mol. The van der Waals surface area contributed by atoms with E-state index in [1.807, 2.05) is 30.0 Å². The topological polar surface area (TPSA) is 15.3 Å². The maximum atomic E-state index is 6.02. The van der Waals surface area contributed by atoms with Gasteiger partial charge in [-0.15, -0.1) is 31.4 Å². The molecule has 1 aliphatic heterocycles. The highest BCUT2D eigenvalue weighted by Gasteiger charge is 2.23. The minimum atomic E-state index is 0. The van der Waals surface area contributed by atoms with Crippen molar-refractivity contribution in [3.05, 3.63) is 71.8 Å². The van der Waals surface area contributed by atoms with Crippen LogP contribution in [0.15, 0.2) is 71.0 Å². The molecule has 6 heteroatoms. The van der Waals surface area contributed by atoms with Gasteiger partial charge in [0.25, 0.3) is 0 Å². The third kappa shape index (κ3) is 7.01. The number of piperazine rings is 1. The van der Waals surface area contributed by atoms with E-state index in [-0.39, 0.29) is 24.8 Å². The molecule has 0 unspecified atom stereocenters. The Kier molecular flexibility index (Phi) is 11.5. The van der Waals surface area contributed by atoms with Crippen molar-refractivity contribution in [1.29, 1.82) is 0 Å². The van der Waals surface area contributed by atoms with Crippen molar-refractivity contribution in [2.75, 3.05) is 26.2 Å². The standard InChI is InChI=1S/C21H25ClN2S.2ClH/c1-2-3-7-20(24-15-13-23-14-16-24)19-6-4-5-8-21(19)25-18-11-9-17(22)10-12-18;;/h2,4-6,8-12,20,23H,1,3,7,13-16H2;2*1H/t20-;;/m1../s1. The number of benzene rings is 2. The highest BCUT2D eigenvalue weighted by Crippen LogP contribution is 2.37. The number of nitrogens with zero attached hydrogens (tertiary/aromatic N) is 1. The zero-order chi connectivity index (χ0) is 17.5. The van der Waals surface area contributed by atoms with Crippen molar-refractivity contribution >= 4 is 48.2 Å². The molecule has 1 heterocycles. The minimum Gasteiger partial charge on any atom is -0.314 e. The van der Waals surface area contributed by atoms with Gasteiger partial charge in [0.05, 0.1) is 0 Å². The van der Waals surface area contributed by atoms with Crippen molar-refractivity contribution in [3.63, 3.8) is 0 Å². The SMILES string of the molecule is C=CCC[C@H](c1ccccc1Sc1ccc(Cl)cc1)N1CCNCC1.Cl.Cl. The molecule has 0 amide bonds. The average Bonchev–Trinajstić information content (AvgIpc) is 2.66. The Morgan fingerprint density at radius 3 is 2.41 bits per heavy atom. The maximum Gasteiger partial charge on any atom is 0.0406 e. The molecule has 1 atom stereocenters. The van der Waals surface area contributed by atoms with Crippen LogP contribution >= 0.6 is 48.2 Å². The molecule has 1 saturated heterocycles. The molecule has 1 fully saturated rings. The van der Waals surface area contributed by atoms with Crippen LogP contribution in [-0.4, -0.2) is 31.1 Å². The highest BCUT2D eigenvalue weighted by molar-refractivity contribution is 7.99. The number of halogens is 3. The first-order chi connectivity index (χ1) is 12.3. The zero-order valence-corrected chi connectivity index (χ0v) is 18.5. The smallest absolute Gasteiger partial charge is 0.0406 e. The molecule has 0 spiro atoms. The fraction of sp³-hybridized carbons (Fsp3) is 0.333. The molecule has 27 heavy (non-hydrogen) atoms. The average molecular weight is 446 g/mol. The summed E-state index contributed by atoms with van der Waals surface area (Å²) in [5.41, 5.74) is 1.42. The van der Waals surface area contributed by atoms with Crippen LogP contribution in [0, 0.1) is 0 Å². The second kappa shape index (κ2) is 12.7. The molecule has 2 aromatic carbocycles. The lowest BCUT2D eigenvalue weighted by Crippen LogP contribution is -2.45. The van der Waals surface area contributed by atoms with Crippen molar-refractivity contribution in [3.8, 4) is 0 Å². The van der Waals surface area contributed by atoms with E-state index in [9.17, 15) is 0 Å². The summed E-state index contributed by atoms with van der Waals surface area (Å²) >= 11 is 7.85. The van der Waals surface area contributed by atoms with Gasteiger partial charge in [-0.1, -0.05) is 47.6 Å². The van der Waals surface area contributed by atoms with Gasteiger partial charge in [0, 0.05) is 47.0 Å². The van der Waals surface area contributed by atoms with Gasteiger partial charge in [-0.05, 0) is 48.7 Å². The molecule has 1 aliphatic rings. The Morgan fingerprint density at radius 2 is 1.74 bits per heavy atom. The van der Waals surface area contributed by atoms with Crippen LogP contribution in [0.1, 0.15) is 24.4 Å². The van der Waals surface area contributed by atoms with Crippen LogP contribution in [0.2, 0.25) is 5.02 Å². The third-order valence-electron chi connectivity index (χ3n) is 4.56. The normalized spacial score (nSPS) is 15.3. The molecular formula is C21H27Cl3N2S. The summed E-state index contributed by atoms with van der Waals surface area (Å²) in [6, 6.07) is 17.3. The second-order valence-corrected chi connectivity index (χ2v) is 7.81. The summed E-state index contributed by atoms with van der Waals surface area (Å²) in [6.45, 7) is 8.25. The van der Waals surface area contributed by atoms with Crippen molar-refractivity contribution in [2.24, 2.45) is 0 Å². The molecule has 2 aromatic rings. The van der Waals surface area contributed by atoms with Crippen LogP contribution in [0.25, 0.3) is 0 Å². The van der Waals surface area contributed by atoms with E-state index < -0.39 is 0 Å². The number of nitrogens with one attached hydrogen (secondary N) is 1.